The smallest absolute Gasteiger partial charge is 0.186 e. The maximum Gasteiger partial charge on any atom is 0.186 e. The molecule has 0 spiro atoms. The van der Waals surface area contributed by atoms with Crippen LogP contribution in [-0.4, -0.2) is 22.0 Å². The first-order valence-corrected chi connectivity index (χ1v) is 8.79. The molecule has 0 radical (unpaired) electrons. The van der Waals surface area contributed by atoms with Gasteiger partial charge in [0.05, 0.1) is 5.69 Å². The summed E-state index contributed by atoms with van der Waals surface area (Å²) in [7, 11) is 1.61. The molecular weight excluding hydrogens is 324 g/mol. The molecule has 0 saturated heterocycles. The first-order chi connectivity index (χ1) is 12.4. The van der Waals surface area contributed by atoms with E-state index in [1.807, 2.05) is 82.3 Å². The molecule has 1 aromatic heterocycles. The van der Waals surface area contributed by atoms with Gasteiger partial charge in [0.15, 0.2) is 11.8 Å². The molecule has 26 heavy (non-hydrogen) atoms. The van der Waals surface area contributed by atoms with Crippen LogP contribution in [0.1, 0.15) is 39.9 Å². The van der Waals surface area contributed by atoms with E-state index < -0.39 is 11.8 Å². The second kappa shape index (κ2) is 7.06. The van der Waals surface area contributed by atoms with E-state index in [4.69, 9.17) is 4.74 Å². The maximum absolute atomic E-state index is 12.0. The van der Waals surface area contributed by atoms with Crippen LogP contribution in [0.5, 0.6) is 0 Å². The van der Waals surface area contributed by atoms with E-state index in [0.29, 0.717) is 0 Å². The van der Waals surface area contributed by atoms with Gasteiger partial charge in [0.1, 0.15) is 0 Å². The van der Waals surface area contributed by atoms with Crippen molar-refractivity contribution in [3.63, 3.8) is 0 Å². The van der Waals surface area contributed by atoms with E-state index in [-0.39, 0.29) is 0 Å². The van der Waals surface area contributed by atoms with Crippen molar-refractivity contribution < 1.29 is 9.84 Å². The number of aryl methyl sites for hydroxylation is 2. The van der Waals surface area contributed by atoms with Crippen LogP contribution < -0.4 is 0 Å². The predicted octanol–water partition coefficient (Wildman–Crippen LogP) is 4.20. The number of hydrogen-bond acceptors (Lipinski definition) is 3. The van der Waals surface area contributed by atoms with Crippen LogP contribution in [0.2, 0.25) is 0 Å². The van der Waals surface area contributed by atoms with Crippen molar-refractivity contribution in [2.45, 2.75) is 39.5 Å². The number of nitrogens with zero attached hydrogens (tertiary/aromatic N) is 2. The zero-order valence-corrected chi connectivity index (χ0v) is 16.0. The zero-order valence-electron chi connectivity index (χ0n) is 16.0. The number of hydrogen-bond donors (Lipinski definition) is 1. The summed E-state index contributed by atoms with van der Waals surface area (Å²) in [6.45, 7) is 8.04. The predicted molar refractivity (Wildman–Crippen MR) is 103 cm³/mol. The van der Waals surface area contributed by atoms with Crippen molar-refractivity contribution in [2.75, 3.05) is 7.11 Å². The molecule has 0 amide bonds. The summed E-state index contributed by atoms with van der Waals surface area (Å²) in [6.07, 6.45) is -0.694. The van der Waals surface area contributed by atoms with Crippen molar-refractivity contribution >= 4 is 0 Å². The number of benzene rings is 2. The Morgan fingerprint density at radius 2 is 1.50 bits per heavy atom. The molecule has 1 heterocycles. The molecule has 0 aliphatic heterocycles. The van der Waals surface area contributed by atoms with E-state index in [0.717, 1.165) is 33.6 Å². The Morgan fingerprint density at radius 1 is 0.923 bits per heavy atom. The van der Waals surface area contributed by atoms with Gasteiger partial charge in [-0.2, -0.15) is 5.10 Å². The number of rotatable bonds is 5. The Kier molecular flexibility index (Phi) is 4.99. The quantitative estimate of drug-likeness (QED) is 0.750. The van der Waals surface area contributed by atoms with Crippen molar-refractivity contribution in [2.24, 2.45) is 0 Å². The van der Waals surface area contributed by atoms with E-state index in [2.05, 4.69) is 5.10 Å². The Bertz CT molecular complexity index is 885. The summed E-state index contributed by atoms with van der Waals surface area (Å²) in [5.41, 5.74) is 4.32. The second-order valence-electron chi connectivity index (χ2n) is 6.83. The second-order valence-corrected chi connectivity index (χ2v) is 6.83. The molecule has 2 unspecified atom stereocenters. The highest BCUT2D eigenvalue weighted by molar-refractivity contribution is 5.38. The third-order valence-electron chi connectivity index (χ3n) is 5.20. The van der Waals surface area contributed by atoms with Crippen molar-refractivity contribution in [3.8, 4) is 0 Å². The highest BCUT2D eigenvalue weighted by Gasteiger charge is 2.43. The molecule has 0 fully saturated rings. The third kappa shape index (κ3) is 2.96. The standard InChI is InChI=1S/C22H26N2O2/c1-15-11-13-20(14-12-15)22(25,19-9-7-6-8-10-19)21(26-5)24-18(4)16(2)17(3)23-24/h6-14,21,25H,1-5H3. The highest BCUT2D eigenvalue weighted by Crippen LogP contribution is 2.41. The van der Waals surface area contributed by atoms with Crippen molar-refractivity contribution in [1.82, 2.24) is 9.78 Å². The lowest BCUT2D eigenvalue weighted by atomic mass is 9.84. The monoisotopic (exact) mass is 350 g/mol. The summed E-state index contributed by atoms with van der Waals surface area (Å²) in [4.78, 5) is 0. The van der Waals surface area contributed by atoms with Gasteiger partial charge in [-0.3, -0.25) is 0 Å². The molecule has 3 rings (SSSR count). The van der Waals surface area contributed by atoms with Crippen molar-refractivity contribution in [1.29, 1.82) is 0 Å². The van der Waals surface area contributed by atoms with Gasteiger partial charge >= 0.3 is 0 Å². The zero-order chi connectivity index (χ0) is 18.9. The lowest BCUT2D eigenvalue weighted by Crippen LogP contribution is -2.40. The molecule has 0 saturated carbocycles. The Morgan fingerprint density at radius 3 is 2.00 bits per heavy atom. The third-order valence-corrected chi connectivity index (χ3v) is 5.20. The first kappa shape index (κ1) is 18.4. The van der Waals surface area contributed by atoms with Gasteiger partial charge in [0.25, 0.3) is 0 Å². The molecule has 3 aromatic rings. The number of methoxy groups -OCH3 is 1. The average Bonchev–Trinajstić information content (AvgIpc) is 2.91. The molecule has 0 bridgehead atoms. The van der Waals surface area contributed by atoms with Crippen LogP contribution in [-0.2, 0) is 10.3 Å². The lowest BCUT2D eigenvalue weighted by Gasteiger charge is -2.37. The lowest BCUT2D eigenvalue weighted by molar-refractivity contribution is -0.120. The molecule has 2 aromatic carbocycles. The maximum atomic E-state index is 12.0. The molecule has 0 aliphatic carbocycles. The van der Waals surface area contributed by atoms with Crippen LogP contribution in [0.25, 0.3) is 0 Å². The van der Waals surface area contributed by atoms with E-state index >= 15 is 0 Å². The topological polar surface area (TPSA) is 47.3 Å². The number of aliphatic hydroxyl groups is 1. The van der Waals surface area contributed by atoms with Gasteiger partial charge in [-0.25, -0.2) is 4.68 Å². The molecular formula is C22H26N2O2. The summed E-state index contributed by atoms with van der Waals surface area (Å²) in [6, 6.07) is 17.5. The fourth-order valence-corrected chi connectivity index (χ4v) is 3.37. The van der Waals surface area contributed by atoms with Crippen LogP contribution in [0.4, 0.5) is 0 Å². The van der Waals surface area contributed by atoms with Gasteiger partial charge < -0.3 is 9.84 Å². The fraction of sp³-hybridized carbons (Fsp3) is 0.318. The summed E-state index contributed by atoms with van der Waals surface area (Å²) < 4.78 is 7.63. The first-order valence-electron chi connectivity index (χ1n) is 8.79. The molecule has 0 aliphatic rings. The summed E-state index contributed by atoms with van der Waals surface area (Å²) >= 11 is 0. The van der Waals surface area contributed by atoms with E-state index in [9.17, 15) is 5.11 Å². The van der Waals surface area contributed by atoms with Gasteiger partial charge in [0, 0.05) is 12.8 Å². The minimum Gasteiger partial charge on any atom is -0.376 e. The normalized spacial score (nSPS) is 14.8. The Labute approximate surface area is 155 Å². The van der Waals surface area contributed by atoms with Gasteiger partial charge in [-0.1, -0.05) is 60.2 Å². The van der Waals surface area contributed by atoms with Crippen LogP contribution in [0, 0.1) is 27.7 Å². The van der Waals surface area contributed by atoms with E-state index in [1.165, 1.54) is 0 Å². The number of aromatic nitrogens is 2. The van der Waals surface area contributed by atoms with Crippen LogP contribution in [0.3, 0.4) is 0 Å². The SMILES string of the molecule is COC(n1nc(C)c(C)c1C)C(O)(c1ccccc1)c1ccc(C)cc1. The number of ether oxygens (including phenoxy) is 1. The average molecular weight is 350 g/mol. The minimum atomic E-state index is -1.38. The molecule has 1 N–H and O–H groups in total. The largest absolute Gasteiger partial charge is 0.376 e. The highest BCUT2D eigenvalue weighted by atomic mass is 16.5. The Hall–Kier alpha value is -2.43. The summed E-state index contributed by atoms with van der Waals surface area (Å²) in [5, 5.41) is 16.6. The van der Waals surface area contributed by atoms with Crippen molar-refractivity contribution in [3.05, 3.63) is 88.2 Å². The minimum absolute atomic E-state index is 0.694. The molecule has 4 heteroatoms. The fourth-order valence-electron chi connectivity index (χ4n) is 3.37. The molecule has 2 atom stereocenters. The summed E-state index contributed by atoms with van der Waals surface area (Å²) in [5.74, 6) is 0. The van der Waals surface area contributed by atoms with Crippen LogP contribution in [0.15, 0.2) is 54.6 Å². The Balaban J connectivity index is 2.25. The van der Waals surface area contributed by atoms with Gasteiger partial charge in [-0.05, 0) is 44.4 Å². The van der Waals surface area contributed by atoms with Crippen LogP contribution >= 0.6 is 0 Å². The molecule has 4 nitrogen and oxygen atoms in total. The van der Waals surface area contributed by atoms with Gasteiger partial charge in [0.2, 0.25) is 0 Å². The van der Waals surface area contributed by atoms with E-state index in [1.54, 1.807) is 11.8 Å². The van der Waals surface area contributed by atoms with Gasteiger partial charge in [-0.15, -0.1) is 0 Å². The molecule has 136 valence electrons.